The van der Waals surface area contributed by atoms with Gasteiger partial charge in [-0.25, -0.2) is 0 Å². The van der Waals surface area contributed by atoms with Crippen LogP contribution in [0.3, 0.4) is 0 Å². The minimum absolute atomic E-state index is 0.00344. The molecule has 0 aliphatic carbocycles. The van der Waals surface area contributed by atoms with E-state index in [1.807, 2.05) is 0 Å². The van der Waals surface area contributed by atoms with Gasteiger partial charge in [0.2, 0.25) is 5.91 Å². The fourth-order valence-electron chi connectivity index (χ4n) is 1.73. The first kappa shape index (κ1) is 16.5. The summed E-state index contributed by atoms with van der Waals surface area (Å²) in [4.78, 5) is 23.3. The summed E-state index contributed by atoms with van der Waals surface area (Å²) in [6, 6.07) is 8.62. The number of halogens is 2. The van der Waals surface area contributed by atoms with Crippen molar-refractivity contribution < 1.29 is 27.5 Å². The van der Waals surface area contributed by atoms with Crippen molar-refractivity contribution >= 4 is 17.5 Å². The van der Waals surface area contributed by atoms with Gasteiger partial charge in [-0.3, -0.25) is 9.59 Å². The van der Waals surface area contributed by atoms with Crippen LogP contribution in [0.5, 0.6) is 5.75 Å². The lowest BCUT2D eigenvalue weighted by Crippen LogP contribution is -2.27. The number of hydrogen-bond acceptors (Lipinski definition) is 4. The van der Waals surface area contributed by atoms with E-state index in [-0.39, 0.29) is 30.4 Å². The van der Waals surface area contributed by atoms with Crippen LogP contribution in [0.15, 0.2) is 47.1 Å². The van der Waals surface area contributed by atoms with E-state index in [4.69, 9.17) is 4.42 Å². The molecule has 8 heteroatoms. The molecule has 2 amide bonds. The summed E-state index contributed by atoms with van der Waals surface area (Å²) >= 11 is 0. The van der Waals surface area contributed by atoms with Gasteiger partial charge in [0.25, 0.3) is 5.91 Å². The van der Waals surface area contributed by atoms with Gasteiger partial charge in [0.15, 0.2) is 5.76 Å². The molecule has 1 aromatic heterocycles. The number of hydrogen-bond donors (Lipinski definition) is 2. The zero-order valence-electron chi connectivity index (χ0n) is 11.9. The van der Waals surface area contributed by atoms with Crippen molar-refractivity contribution in [2.45, 2.75) is 13.0 Å². The Balaban J connectivity index is 1.73. The van der Waals surface area contributed by atoms with Crippen LogP contribution in [-0.2, 0) is 4.79 Å². The van der Waals surface area contributed by atoms with Crippen molar-refractivity contribution in [3.8, 4) is 5.75 Å². The molecule has 0 saturated heterocycles. The summed E-state index contributed by atoms with van der Waals surface area (Å²) in [5.74, 6) is -0.563. The molecular weight excluding hydrogens is 310 g/mol. The number of rotatable bonds is 7. The van der Waals surface area contributed by atoms with Gasteiger partial charge in [0.1, 0.15) is 5.75 Å². The highest BCUT2D eigenvalue weighted by atomic mass is 19.3. The predicted octanol–water partition coefficient (Wildman–Crippen LogP) is 2.64. The SMILES string of the molecule is O=C(CCNC(=O)c1ccco1)Nc1ccc(OC(F)F)cc1. The second-order valence-electron chi connectivity index (χ2n) is 4.43. The maximum absolute atomic E-state index is 12.0. The normalized spacial score (nSPS) is 10.4. The lowest BCUT2D eigenvalue weighted by molar-refractivity contribution is -0.116. The molecule has 1 aromatic carbocycles. The first-order valence-electron chi connectivity index (χ1n) is 6.71. The van der Waals surface area contributed by atoms with Crippen molar-refractivity contribution in [2.75, 3.05) is 11.9 Å². The van der Waals surface area contributed by atoms with E-state index in [0.29, 0.717) is 5.69 Å². The Morgan fingerprint density at radius 1 is 1.17 bits per heavy atom. The molecule has 0 unspecified atom stereocenters. The fourth-order valence-corrected chi connectivity index (χ4v) is 1.73. The molecule has 23 heavy (non-hydrogen) atoms. The number of anilines is 1. The zero-order chi connectivity index (χ0) is 16.7. The highest BCUT2D eigenvalue weighted by Gasteiger charge is 2.09. The third-order valence-electron chi connectivity index (χ3n) is 2.75. The second kappa shape index (κ2) is 7.92. The van der Waals surface area contributed by atoms with E-state index < -0.39 is 12.5 Å². The van der Waals surface area contributed by atoms with Gasteiger partial charge in [0, 0.05) is 18.7 Å². The van der Waals surface area contributed by atoms with E-state index >= 15 is 0 Å². The number of furan rings is 1. The van der Waals surface area contributed by atoms with Crippen LogP contribution >= 0.6 is 0 Å². The third-order valence-corrected chi connectivity index (χ3v) is 2.75. The maximum Gasteiger partial charge on any atom is 0.387 e. The van der Waals surface area contributed by atoms with Crippen LogP contribution < -0.4 is 15.4 Å². The topological polar surface area (TPSA) is 80.6 Å². The number of alkyl halides is 2. The molecule has 0 bridgehead atoms. The summed E-state index contributed by atoms with van der Waals surface area (Å²) < 4.78 is 33.1. The molecule has 122 valence electrons. The van der Waals surface area contributed by atoms with E-state index in [1.54, 1.807) is 6.07 Å². The van der Waals surface area contributed by atoms with Gasteiger partial charge in [-0.2, -0.15) is 8.78 Å². The standard InChI is InChI=1S/C15H14F2N2O4/c16-15(17)23-11-5-3-10(4-6-11)19-13(20)7-8-18-14(21)12-2-1-9-22-12/h1-6,9,15H,7-8H2,(H,18,21)(H,19,20). The van der Waals surface area contributed by atoms with Gasteiger partial charge >= 0.3 is 6.61 Å². The summed E-state index contributed by atoms with van der Waals surface area (Å²) in [5.41, 5.74) is 0.439. The van der Waals surface area contributed by atoms with Crippen LogP contribution in [-0.4, -0.2) is 25.0 Å². The number of benzene rings is 1. The molecule has 2 rings (SSSR count). The third kappa shape index (κ3) is 5.42. The van der Waals surface area contributed by atoms with E-state index in [9.17, 15) is 18.4 Å². The smallest absolute Gasteiger partial charge is 0.387 e. The van der Waals surface area contributed by atoms with E-state index in [1.165, 1.54) is 36.6 Å². The summed E-state index contributed by atoms with van der Waals surface area (Å²) in [7, 11) is 0. The first-order chi connectivity index (χ1) is 11.0. The second-order valence-corrected chi connectivity index (χ2v) is 4.43. The first-order valence-corrected chi connectivity index (χ1v) is 6.71. The van der Waals surface area contributed by atoms with Crippen LogP contribution in [0.25, 0.3) is 0 Å². The largest absolute Gasteiger partial charge is 0.459 e. The molecule has 0 saturated carbocycles. The molecule has 0 atom stereocenters. The van der Waals surface area contributed by atoms with E-state index in [0.717, 1.165) is 0 Å². The Kier molecular flexibility index (Phi) is 5.67. The molecule has 2 aromatic rings. The summed E-state index contributed by atoms with van der Waals surface area (Å²) in [5, 5.41) is 5.11. The Hall–Kier alpha value is -2.90. The monoisotopic (exact) mass is 324 g/mol. The number of ether oxygens (including phenoxy) is 1. The van der Waals surface area contributed by atoms with Crippen LogP contribution in [0.4, 0.5) is 14.5 Å². The predicted molar refractivity (Wildman–Crippen MR) is 77.4 cm³/mol. The van der Waals surface area contributed by atoms with Crippen molar-refractivity contribution in [3.05, 3.63) is 48.4 Å². The molecule has 1 heterocycles. The van der Waals surface area contributed by atoms with Crippen molar-refractivity contribution in [1.29, 1.82) is 0 Å². The van der Waals surface area contributed by atoms with Gasteiger partial charge in [-0.1, -0.05) is 0 Å². The molecule has 0 aliphatic rings. The number of carbonyl (C=O) groups is 2. The maximum atomic E-state index is 12.0. The Bertz CT molecular complexity index is 642. The zero-order valence-corrected chi connectivity index (χ0v) is 11.9. The molecule has 2 N–H and O–H groups in total. The van der Waals surface area contributed by atoms with Crippen LogP contribution in [0.1, 0.15) is 17.0 Å². The molecule has 0 aliphatic heterocycles. The molecule has 6 nitrogen and oxygen atoms in total. The Morgan fingerprint density at radius 3 is 2.52 bits per heavy atom. The molecule has 0 fully saturated rings. The number of carbonyl (C=O) groups excluding carboxylic acids is 2. The number of nitrogens with one attached hydrogen (secondary N) is 2. The van der Waals surface area contributed by atoms with Gasteiger partial charge in [-0.15, -0.1) is 0 Å². The molecule has 0 radical (unpaired) electrons. The van der Waals surface area contributed by atoms with Crippen LogP contribution in [0, 0.1) is 0 Å². The lowest BCUT2D eigenvalue weighted by Gasteiger charge is -2.08. The highest BCUT2D eigenvalue weighted by Crippen LogP contribution is 2.17. The average Bonchev–Trinajstić information content (AvgIpc) is 3.03. The minimum atomic E-state index is -2.90. The van der Waals surface area contributed by atoms with Crippen molar-refractivity contribution in [3.63, 3.8) is 0 Å². The van der Waals surface area contributed by atoms with Gasteiger partial charge < -0.3 is 19.8 Å². The Labute approximate surface area is 130 Å². The van der Waals surface area contributed by atoms with Crippen molar-refractivity contribution in [1.82, 2.24) is 5.32 Å². The fraction of sp³-hybridized carbons (Fsp3) is 0.200. The van der Waals surface area contributed by atoms with E-state index in [2.05, 4.69) is 15.4 Å². The Morgan fingerprint density at radius 2 is 1.91 bits per heavy atom. The quantitative estimate of drug-likeness (QED) is 0.820. The highest BCUT2D eigenvalue weighted by molar-refractivity contribution is 5.93. The summed E-state index contributed by atoms with van der Waals surface area (Å²) in [6.45, 7) is -2.76. The average molecular weight is 324 g/mol. The molecular formula is C15H14F2N2O4. The van der Waals surface area contributed by atoms with Gasteiger partial charge in [-0.05, 0) is 36.4 Å². The van der Waals surface area contributed by atoms with Crippen LogP contribution in [0.2, 0.25) is 0 Å². The molecule has 0 spiro atoms. The van der Waals surface area contributed by atoms with Crippen molar-refractivity contribution in [2.24, 2.45) is 0 Å². The van der Waals surface area contributed by atoms with Gasteiger partial charge in [0.05, 0.1) is 6.26 Å². The minimum Gasteiger partial charge on any atom is -0.459 e. The summed E-state index contributed by atoms with van der Waals surface area (Å²) in [6.07, 6.45) is 1.44. The lowest BCUT2D eigenvalue weighted by atomic mass is 10.3. The number of amides is 2.